The first-order valence-corrected chi connectivity index (χ1v) is 5.86. The summed E-state index contributed by atoms with van der Waals surface area (Å²) in [6.45, 7) is 7.99. The Morgan fingerprint density at radius 2 is 2.00 bits per heavy atom. The van der Waals surface area contributed by atoms with Gasteiger partial charge < -0.3 is 10.2 Å². The van der Waals surface area contributed by atoms with Gasteiger partial charge in [0.25, 0.3) is 0 Å². The largest absolute Gasteiger partial charge is 0.344 e. The number of carbonyl (C=O) groups excluding carboxylic acids is 2. The van der Waals surface area contributed by atoms with E-state index in [1.165, 1.54) is 4.90 Å². The highest BCUT2D eigenvalue weighted by Gasteiger charge is 2.19. The van der Waals surface area contributed by atoms with Crippen molar-refractivity contribution in [3.8, 4) is 0 Å². The molecular weight excluding hydrogens is 242 g/mol. The van der Waals surface area contributed by atoms with Crippen LogP contribution in [-0.2, 0) is 16.1 Å². The van der Waals surface area contributed by atoms with Gasteiger partial charge in [0.1, 0.15) is 0 Å². The van der Waals surface area contributed by atoms with Crippen molar-refractivity contribution in [2.75, 3.05) is 13.1 Å². The van der Waals surface area contributed by atoms with Crippen LogP contribution in [-0.4, -0.2) is 34.8 Å². The minimum atomic E-state index is -0.646. The van der Waals surface area contributed by atoms with E-state index in [0.717, 1.165) is 5.56 Å². The number of nitrogens with one attached hydrogen (secondary N) is 1. The van der Waals surface area contributed by atoms with Gasteiger partial charge in [-0.05, 0) is 11.6 Å². The fourth-order valence-corrected chi connectivity index (χ4v) is 1.46. The Balaban J connectivity index is 2.53. The molecule has 0 aliphatic carbocycles. The zero-order chi connectivity index (χ0) is 14.1. The Kier molecular flexibility index (Phi) is 6.02. The molecule has 1 aromatic rings. The van der Waals surface area contributed by atoms with Crippen molar-refractivity contribution in [3.63, 3.8) is 0 Å². The Morgan fingerprint density at radius 1 is 1.32 bits per heavy atom. The number of aromatic nitrogens is 1. The summed E-state index contributed by atoms with van der Waals surface area (Å²) in [4.78, 5) is 28.9. The molecule has 5 nitrogen and oxygen atoms in total. The highest BCUT2D eigenvalue weighted by Crippen LogP contribution is 1.96. The summed E-state index contributed by atoms with van der Waals surface area (Å²) in [7, 11) is 0. The van der Waals surface area contributed by atoms with Gasteiger partial charge in [-0.15, -0.1) is 13.2 Å². The van der Waals surface area contributed by atoms with Gasteiger partial charge in [0, 0.05) is 32.0 Å². The molecule has 0 saturated heterocycles. The summed E-state index contributed by atoms with van der Waals surface area (Å²) >= 11 is 0. The Morgan fingerprint density at radius 3 is 2.53 bits per heavy atom. The molecule has 19 heavy (non-hydrogen) atoms. The van der Waals surface area contributed by atoms with Crippen LogP contribution in [0.25, 0.3) is 0 Å². The topological polar surface area (TPSA) is 62.3 Å². The highest BCUT2D eigenvalue weighted by molar-refractivity contribution is 6.35. The minimum absolute atomic E-state index is 0.272. The summed E-state index contributed by atoms with van der Waals surface area (Å²) in [6, 6.07) is 3.59. The van der Waals surface area contributed by atoms with Gasteiger partial charge in [-0.1, -0.05) is 18.2 Å². The standard InChI is InChI=1S/C14H17N3O2/c1-3-8-17(9-4-2)14(19)13(18)16-11-12-6-5-7-15-10-12/h3-7,10H,1-2,8-9,11H2,(H,16,18). The van der Waals surface area contributed by atoms with Gasteiger partial charge in [-0.25, -0.2) is 0 Å². The molecule has 0 saturated carbocycles. The lowest BCUT2D eigenvalue weighted by molar-refractivity contribution is -0.145. The molecule has 100 valence electrons. The van der Waals surface area contributed by atoms with E-state index in [2.05, 4.69) is 23.5 Å². The Hall–Kier alpha value is -2.43. The maximum Gasteiger partial charge on any atom is 0.312 e. The molecular formula is C14H17N3O2. The zero-order valence-electron chi connectivity index (χ0n) is 10.7. The van der Waals surface area contributed by atoms with E-state index in [-0.39, 0.29) is 6.54 Å². The number of pyridine rings is 1. The molecule has 0 bridgehead atoms. The van der Waals surface area contributed by atoms with E-state index in [4.69, 9.17) is 0 Å². The third-order valence-corrected chi connectivity index (χ3v) is 2.36. The molecule has 0 unspecified atom stereocenters. The van der Waals surface area contributed by atoms with Crippen molar-refractivity contribution >= 4 is 11.8 Å². The smallest absolute Gasteiger partial charge is 0.312 e. The molecule has 1 N–H and O–H groups in total. The number of hydrogen-bond donors (Lipinski definition) is 1. The van der Waals surface area contributed by atoms with Crippen molar-refractivity contribution < 1.29 is 9.59 Å². The molecule has 0 aliphatic heterocycles. The molecule has 0 spiro atoms. The summed E-state index contributed by atoms with van der Waals surface area (Å²) < 4.78 is 0. The van der Waals surface area contributed by atoms with Gasteiger partial charge >= 0.3 is 11.8 Å². The van der Waals surface area contributed by atoms with Crippen molar-refractivity contribution in [2.45, 2.75) is 6.54 Å². The van der Waals surface area contributed by atoms with Gasteiger partial charge in [0.05, 0.1) is 0 Å². The SMILES string of the molecule is C=CCN(CC=C)C(=O)C(=O)NCc1cccnc1. The first-order valence-electron chi connectivity index (χ1n) is 5.86. The zero-order valence-corrected chi connectivity index (χ0v) is 10.7. The molecule has 0 atom stereocenters. The fourth-order valence-electron chi connectivity index (χ4n) is 1.46. The average molecular weight is 259 g/mol. The predicted molar refractivity (Wildman–Crippen MR) is 73.1 cm³/mol. The molecule has 0 radical (unpaired) electrons. The van der Waals surface area contributed by atoms with Crippen LogP contribution in [0.4, 0.5) is 0 Å². The fraction of sp³-hybridized carbons (Fsp3) is 0.214. The second kappa shape index (κ2) is 7.81. The highest BCUT2D eigenvalue weighted by atomic mass is 16.2. The average Bonchev–Trinajstić information content (AvgIpc) is 2.45. The number of hydrogen-bond acceptors (Lipinski definition) is 3. The quantitative estimate of drug-likeness (QED) is 0.610. The van der Waals surface area contributed by atoms with Crippen molar-refractivity contribution in [1.82, 2.24) is 15.2 Å². The predicted octanol–water partition coefficient (Wildman–Crippen LogP) is 0.898. The molecule has 5 heteroatoms. The maximum atomic E-state index is 11.8. The molecule has 1 rings (SSSR count). The summed E-state index contributed by atoms with van der Waals surface area (Å²) in [6.07, 6.45) is 6.41. The van der Waals surface area contributed by atoms with Crippen molar-refractivity contribution in [3.05, 3.63) is 55.4 Å². The van der Waals surface area contributed by atoms with E-state index in [9.17, 15) is 9.59 Å². The number of carbonyl (C=O) groups is 2. The molecule has 2 amide bonds. The molecule has 0 aromatic carbocycles. The van der Waals surface area contributed by atoms with Crippen LogP contribution < -0.4 is 5.32 Å². The number of nitrogens with zero attached hydrogens (tertiary/aromatic N) is 2. The van der Waals surface area contributed by atoms with Crippen LogP contribution in [0.15, 0.2) is 49.8 Å². The maximum absolute atomic E-state index is 11.8. The van der Waals surface area contributed by atoms with Gasteiger partial charge in [0.2, 0.25) is 0 Å². The van der Waals surface area contributed by atoms with Gasteiger partial charge in [-0.3, -0.25) is 14.6 Å². The minimum Gasteiger partial charge on any atom is -0.344 e. The van der Waals surface area contributed by atoms with Crippen LogP contribution in [0.5, 0.6) is 0 Å². The van der Waals surface area contributed by atoms with Crippen molar-refractivity contribution in [1.29, 1.82) is 0 Å². The van der Waals surface area contributed by atoms with E-state index < -0.39 is 11.8 Å². The number of amides is 2. The van der Waals surface area contributed by atoms with Crippen LogP contribution in [0, 0.1) is 0 Å². The van der Waals surface area contributed by atoms with Crippen LogP contribution in [0.3, 0.4) is 0 Å². The third-order valence-electron chi connectivity index (χ3n) is 2.36. The third kappa shape index (κ3) is 4.75. The van der Waals surface area contributed by atoms with E-state index in [1.54, 1.807) is 30.6 Å². The molecule has 0 fully saturated rings. The second-order valence-electron chi connectivity index (χ2n) is 3.83. The van der Waals surface area contributed by atoms with Crippen molar-refractivity contribution in [2.24, 2.45) is 0 Å². The monoisotopic (exact) mass is 259 g/mol. The van der Waals surface area contributed by atoms with Gasteiger partial charge in [0.15, 0.2) is 0 Å². The lowest BCUT2D eigenvalue weighted by Gasteiger charge is -2.18. The molecule has 1 heterocycles. The van der Waals surface area contributed by atoms with Crippen LogP contribution >= 0.6 is 0 Å². The first kappa shape index (κ1) is 14.6. The van der Waals surface area contributed by atoms with Crippen LogP contribution in [0.1, 0.15) is 5.56 Å². The van der Waals surface area contributed by atoms with E-state index >= 15 is 0 Å². The summed E-state index contributed by atoms with van der Waals surface area (Å²) in [5, 5.41) is 2.56. The van der Waals surface area contributed by atoms with E-state index in [0.29, 0.717) is 13.1 Å². The Labute approximate surface area is 112 Å². The first-order chi connectivity index (χ1) is 9.19. The molecule has 0 aliphatic rings. The summed E-state index contributed by atoms with van der Waals surface area (Å²) in [5.74, 6) is -1.24. The Bertz CT molecular complexity index is 447. The lowest BCUT2D eigenvalue weighted by atomic mass is 10.3. The van der Waals surface area contributed by atoms with E-state index in [1.807, 2.05) is 6.07 Å². The summed E-state index contributed by atoms with van der Waals surface area (Å²) in [5.41, 5.74) is 0.836. The van der Waals surface area contributed by atoms with Crippen LogP contribution in [0.2, 0.25) is 0 Å². The second-order valence-corrected chi connectivity index (χ2v) is 3.83. The number of rotatable bonds is 6. The van der Waals surface area contributed by atoms with Gasteiger partial charge in [-0.2, -0.15) is 0 Å². The normalized spacial score (nSPS) is 9.47. The molecule has 1 aromatic heterocycles. The lowest BCUT2D eigenvalue weighted by Crippen LogP contribution is -2.42.